The van der Waals surface area contributed by atoms with E-state index in [1.807, 2.05) is 6.20 Å². The number of para-hydroxylation sites is 3. The number of aryl methyl sites for hydroxylation is 6. The van der Waals surface area contributed by atoms with Crippen molar-refractivity contribution in [3.63, 3.8) is 0 Å². The van der Waals surface area contributed by atoms with Crippen LogP contribution < -0.4 is 41.6 Å². The predicted molar refractivity (Wildman–Crippen MR) is 531 cm³/mol. The number of hydrogen-bond donors (Lipinski definition) is 0. The van der Waals surface area contributed by atoms with Gasteiger partial charge in [0.25, 0.3) is 0 Å². The second-order valence-corrected chi connectivity index (χ2v) is 39.1. The quantitative estimate of drug-likeness (QED) is 0.130. The van der Waals surface area contributed by atoms with Gasteiger partial charge in [-0.15, -0.1) is 13.7 Å². The Morgan fingerprint density at radius 3 is 1.10 bits per heavy atom. The highest BCUT2D eigenvalue weighted by Crippen LogP contribution is 2.64. The van der Waals surface area contributed by atoms with Crippen molar-refractivity contribution in [3.05, 3.63) is 402 Å². The minimum absolute atomic E-state index is 0.622. The maximum absolute atomic E-state index is 6.97. The largest absolute Gasteiger partial charge is 0.456 e. The molecular formula is C120H73N13O3+6. The van der Waals surface area contributed by atoms with Crippen LogP contribution in [0.25, 0.3) is 209 Å². The summed E-state index contributed by atoms with van der Waals surface area (Å²) in [6.45, 7) is 13.4. The number of aromatic nitrogens is 13. The van der Waals surface area contributed by atoms with Crippen molar-refractivity contribution in [1.82, 2.24) is 31.4 Å². The second-order valence-electron chi connectivity index (χ2n) is 39.1. The molecule has 0 saturated heterocycles. The Morgan fingerprint density at radius 1 is 0.257 bits per heavy atom. The van der Waals surface area contributed by atoms with Gasteiger partial charge in [-0.2, -0.15) is 26.9 Å². The average Bonchev–Trinajstić information content (AvgIpc) is 1.47. The minimum atomic E-state index is -0.654. The molecule has 136 heavy (non-hydrogen) atoms. The van der Waals surface area contributed by atoms with Gasteiger partial charge in [0.1, 0.15) is 114 Å². The average molecular weight is 1740 g/mol. The van der Waals surface area contributed by atoms with Gasteiger partial charge in [0.2, 0.25) is 16.6 Å². The van der Waals surface area contributed by atoms with Gasteiger partial charge in [-0.3, -0.25) is 4.40 Å². The molecule has 0 radical (unpaired) electrons. The summed E-state index contributed by atoms with van der Waals surface area (Å²) >= 11 is 0. The van der Waals surface area contributed by atoms with Gasteiger partial charge in [-0.25, -0.2) is 4.98 Å². The molecule has 28 aromatic rings. The molecular weight excluding hydrogens is 1670 g/mol. The fourth-order valence-electron chi connectivity index (χ4n) is 28.5. The summed E-state index contributed by atoms with van der Waals surface area (Å²) in [5.41, 5.74) is 38.5. The Morgan fingerprint density at radius 2 is 0.625 bits per heavy atom. The third kappa shape index (κ3) is 7.31. The van der Waals surface area contributed by atoms with Crippen LogP contribution in [0.1, 0.15) is 66.8 Å². The number of nitrogens with zero attached hydrogens (tertiary/aromatic N) is 13. The van der Waals surface area contributed by atoms with Gasteiger partial charge in [0, 0.05) is 108 Å². The van der Waals surface area contributed by atoms with Gasteiger partial charge >= 0.3 is 33.9 Å². The van der Waals surface area contributed by atoms with Crippen molar-refractivity contribution in [3.8, 4) is 68.3 Å². The number of fused-ring (bicyclic) bond motifs is 20. The fraction of sp³-hybridized carbons (Fsp3) is 0.0750. The van der Waals surface area contributed by atoms with E-state index in [1.54, 1.807) is 0 Å². The highest BCUT2D eigenvalue weighted by molar-refractivity contribution is 6.24. The first-order valence-electron chi connectivity index (χ1n) is 47.1. The third-order valence-corrected chi connectivity index (χ3v) is 33.1. The lowest BCUT2D eigenvalue weighted by molar-refractivity contribution is -0.945. The van der Waals surface area contributed by atoms with Crippen LogP contribution in [0.2, 0.25) is 0 Å². The fourth-order valence-corrected chi connectivity index (χ4v) is 28.5. The molecule has 0 N–H and O–H groups in total. The second kappa shape index (κ2) is 22.9. The van der Waals surface area contributed by atoms with Crippen molar-refractivity contribution in [2.45, 2.75) is 58.5 Å². The van der Waals surface area contributed by atoms with E-state index in [-0.39, 0.29) is 0 Å². The Kier molecular flexibility index (Phi) is 11.8. The third-order valence-electron chi connectivity index (χ3n) is 33.1. The van der Waals surface area contributed by atoms with E-state index in [0.717, 1.165) is 51.0 Å². The molecule has 630 valence electrons. The molecule has 3 unspecified atom stereocenters. The van der Waals surface area contributed by atoms with Crippen LogP contribution >= 0.6 is 0 Å². The molecule has 0 amide bonds. The van der Waals surface area contributed by atoms with Gasteiger partial charge in [-0.05, 0) is 196 Å². The topological polar surface area (TPSA) is 90.3 Å². The van der Waals surface area contributed by atoms with E-state index in [9.17, 15) is 0 Å². The Bertz CT molecular complexity index is 10500. The molecule has 3 atom stereocenters. The van der Waals surface area contributed by atoms with E-state index in [4.69, 9.17) is 19.2 Å². The number of rotatable bonds is 3. The molecule has 13 aromatic carbocycles. The van der Waals surface area contributed by atoms with E-state index in [1.165, 1.54) is 259 Å². The lowest BCUT2D eigenvalue weighted by Gasteiger charge is -2.28. The minimum Gasteiger partial charge on any atom is -0.456 e. The Hall–Kier alpha value is -17.6. The monoisotopic (exact) mass is 1740 g/mol. The van der Waals surface area contributed by atoms with Gasteiger partial charge in [-0.1, -0.05) is 133 Å². The van der Waals surface area contributed by atoms with Crippen molar-refractivity contribution in [1.29, 1.82) is 0 Å². The van der Waals surface area contributed by atoms with Crippen LogP contribution in [0.15, 0.2) is 335 Å². The molecule has 0 aliphatic carbocycles. The SMILES string of the molecule is Cc1cccc(C)c1-c1c[n+]2c3c4c5c(ccc4c4ccccc4n13)Oc1ccc3c4c1C52[n+]1cccc(c2c5ccccc5cn32)c41.Cc1cccc(C)c1-c1c[n+]2c3c4c5c(ccc4c4ccccc4n13)Oc1ccc3c4c1C52[n+]1cccc(c2cccn23)c41.Cc1cccc(C)c1-c1c[n+]2c3c4c5c(ccc4c4ccccc4n13)Oc1ccc3c4c1C52[n+]1cccc(c41)n1ccnc31. The van der Waals surface area contributed by atoms with Crippen LogP contribution in [-0.4, -0.2) is 31.4 Å². The summed E-state index contributed by atoms with van der Waals surface area (Å²) in [4.78, 5) is 4.84. The molecule has 0 bridgehead atoms. The van der Waals surface area contributed by atoms with Gasteiger partial charge in [0.15, 0.2) is 35.7 Å². The molecule has 0 fully saturated rings. The molecule has 15 aromatic heterocycles. The van der Waals surface area contributed by atoms with Crippen LogP contribution in [0.4, 0.5) is 0 Å². The van der Waals surface area contributed by atoms with Gasteiger partial charge < -0.3 is 23.0 Å². The lowest BCUT2D eigenvalue weighted by Crippen LogP contribution is -2.71. The lowest BCUT2D eigenvalue weighted by atomic mass is 9.85. The summed E-state index contributed by atoms with van der Waals surface area (Å²) in [5.74, 6) is 5.54. The van der Waals surface area contributed by atoms with Crippen molar-refractivity contribution >= 4 is 175 Å². The standard InChI is InChI=1S/C43H26N4O.C39H24N4O.C38H23N5O/c1-23-9-7-10-24(2)35(23)32-22-46-42-36-28(27-13-5-6-15-30(27)47(32)42)16-18-33-38(36)43(46)39-34(48-33)19-17-31-37(39)41-29(14-8-20-45(41)43)40-26-12-4-3-11-25(26)21-44(31)40;1-21-8-5-9-22(2)32(21)29-20-42-38-33-24(23-10-3-4-12-27(23)43(29)38)14-16-30-35(33)39(42)36-31(44-30)17-15-28-34(36)37-25(11-6-19-41(37)39)26-13-7-18-40(26)28;1-20-7-5-8-21(2)30(20)27-19-42-37-32-23(22-9-3-4-10-25(22)43(27)37)12-14-29-34(32)38(42)33-28(44-29)15-13-24-31(33)35-26(11-6-17-41(35)38)40-18-16-39-36(24)40/h3-22H,1-2H3;3-20H,1-2H3;3-19H,1-2H3/q3*+2. The number of imidazole rings is 4. The summed E-state index contributed by atoms with van der Waals surface area (Å²) in [5, 5.41) is 21.2. The molecule has 37 rings (SSSR count). The highest BCUT2D eigenvalue weighted by Gasteiger charge is 2.72. The molecule has 16 heteroatoms. The molecule has 3 spiro atoms. The summed E-state index contributed by atoms with van der Waals surface area (Å²) in [6.07, 6.45) is 22.6. The maximum Gasteiger partial charge on any atom is 0.371 e. The van der Waals surface area contributed by atoms with E-state index >= 15 is 0 Å². The summed E-state index contributed by atoms with van der Waals surface area (Å²) < 4.78 is 50.7. The van der Waals surface area contributed by atoms with Gasteiger partial charge in [0.05, 0.1) is 65.2 Å². The normalized spacial score (nSPS) is 17.0. The van der Waals surface area contributed by atoms with Crippen LogP contribution in [0, 0.1) is 41.5 Å². The molecule has 9 aliphatic rings. The van der Waals surface area contributed by atoms with E-state index < -0.39 is 17.0 Å². The zero-order valence-corrected chi connectivity index (χ0v) is 74.3. The first kappa shape index (κ1) is 70.2. The highest BCUT2D eigenvalue weighted by atomic mass is 16.5. The van der Waals surface area contributed by atoms with E-state index in [0.29, 0.717) is 0 Å². The number of pyridine rings is 9. The summed E-state index contributed by atoms with van der Waals surface area (Å²) in [6, 6.07) is 99.7. The zero-order chi connectivity index (χ0) is 88.5. The zero-order valence-electron chi connectivity index (χ0n) is 74.3. The first-order valence-corrected chi connectivity index (χ1v) is 47.1. The number of ether oxygens (including phenoxy) is 3. The molecule has 24 heterocycles. The number of hydrogen-bond acceptors (Lipinski definition) is 4. The van der Waals surface area contributed by atoms with Crippen LogP contribution in [-0.2, 0) is 17.0 Å². The van der Waals surface area contributed by atoms with Crippen molar-refractivity contribution in [2.75, 3.05) is 0 Å². The van der Waals surface area contributed by atoms with Crippen molar-refractivity contribution < 1.29 is 41.6 Å². The molecule has 9 aliphatic heterocycles. The molecule has 0 saturated carbocycles. The van der Waals surface area contributed by atoms with Crippen LogP contribution in [0.3, 0.4) is 0 Å². The first-order chi connectivity index (χ1) is 67.0. The Labute approximate surface area is 771 Å². The Balaban J connectivity index is 0.0000000887. The number of benzene rings is 13. The van der Waals surface area contributed by atoms with E-state index in [2.05, 4.69) is 424 Å². The maximum atomic E-state index is 6.97. The van der Waals surface area contributed by atoms with Crippen LogP contribution in [0.5, 0.6) is 34.5 Å². The summed E-state index contributed by atoms with van der Waals surface area (Å²) in [7, 11) is 0. The molecule has 16 nitrogen and oxygen atoms in total. The predicted octanol–water partition coefficient (Wildman–Crippen LogP) is 23.6. The smallest absolute Gasteiger partial charge is 0.371 e. The van der Waals surface area contributed by atoms with Crippen molar-refractivity contribution in [2.24, 2.45) is 0 Å².